The van der Waals surface area contributed by atoms with Gasteiger partial charge in [-0.1, -0.05) is 25.6 Å². The molecule has 0 aliphatic heterocycles. The van der Waals surface area contributed by atoms with E-state index < -0.39 is 0 Å². The van der Waals surface area contributed by atoms with Crippen LogP contribution in [0.4, 0.5) is 5.95 Å². The maximum Gasteiger partial charge on any atom is 0.256 e. The van der Waals surface area contributed by atoms with Crippen LogP contribution in [0.2, 0.25) is 0 Å². The molecule has 2 aromatic heterocycles. The molecule has 1 atom stereocenters. The van der Waals surface area contributed by atoms with Gasteiger partial charge in [0.15, 0.2) is 5.16 Å². The molecule has 2 rings (SSSR count). The van der Waals surface area contributed by atoms with Gasteiger partial charge in [-0.3, -0.25) is 5.43 Å². The standard InChI is InChI=1S/C10H15N7S/c1-3-7(2)18-10-14-8(16-11)13-9(15-10)17-6-4-5-12-17/h4-7H,3,11H2,1-2H3,(H,13,14,15,16). The van der Waals surface area contributed by atoms with Crippen LogP contribution in [0.25, 0.3) is 5.95 Å². The Morgan fingerprint density at radius 2 is 2.28 bits per heavy atom. The Balaban J connectivity index is 2.33. The number of nitrogens with one attached hydrogen (secondary N) is 1. The van der Waals surface area contributed by atoms with Gasteiger partial charge >= 0.3 is 0 Å². The molecule has 2 heterocycles. The molecule has 0 spiro atoms. The lowest BCUT2D eigenvalue weighted by molar-refractivity contribution is 0.758. The van der Waals surface area contributed by atoms with Gasteiger partial charge in [-0.25, -0.2) is 10.5 Å². The van der Waals surface area contributed by atoms with Crippen LogP contribution in [0.3, 0.4) is 0 Å². The van der Waals surface area contributed by atoms with E-state index in [4.69, 9.17) is 5.84 Å². The van der Waals surface area contributed by atoms with Crippen LogP contribution in [0.15, 0.2) is 23.6 Å². The zero-order valence-corrected chi connectivity index (χ0v) is 11.1. The number of aromatic nitrogens is 5. The van der Waals surface area contributed by atoms with Gasteiger partial charge in [0, 0.05) is 17.6 Å². The summed E-state index contributed by atoms with van der Waals surface area (Å²) in [6.07, 6.45) is 4.48. The summed E-state index contributed by atoms with van der Waals surface area (Å²) >= 11 is 1.59. The molecule has 2 aromatic rings. The summed E-state index contributed by atoms with van der Waals surface area (Å²) in [6, 6.07) is 1.81. The average molecular weight is 265 g/mol. The topological polar surface area (TPSA) is 94.5 Å². The molecule has 0 aliphatic rings. The zero-order valence-electron chi connectivity index (χ0n) is 10.2. The first-order valence-electron chi connectivity index (χ1n) is 5.62. The first kappa shape index (κ1) is 12.8. The SMILES string of the molecule is CCC(C)Sc1nc(NN)nc(-n2cccn2)n1. The Kier molecular flexibility index (Phi) is 4.11. The molecule has 0 aliphatic carbocycles. The number of rotatable bonds is 5. The smallest absolute Gasteiger partial charge is 0.256 e. The lowest BCUT2D eigenvalue weighted by atomic mass is 10.4. The van der Waals surface area contributed by atoms with Gasteiger partial charge in [0.2, 0.25) is 5.95 Å². The van der Waals surface area contributed by atoms with Crippen molar-refractivity contribution in [3.8, 4) is 5.95 Å². The van der Waals surface area contributed by atoms with Crippen LogP contribution < -0.4 is 11.3 Å². The van der Waals surface area contributed by atoms with Crippen LogP contribution in [0.5, 0.6) is 0 Å². The number of nitrogens with two attached hydrogens (primary N) is 1. The number of nitrogen functional groups attached to an aromatic ring is 1. The van der Waals surface area contributed by atoms with Gasteiger partial charge in [0.1, 0.15) is 0 Å². The third kappa shape index (κ3) is 2.96. The normalized spacial score (nSPS) is 12.4. The summed E-state index contributed by atoms with van der Waals surface area (Å²) < 4.78 is 1.57. The molecule has 0 saturated carbocycles. The van der Waals surface area contributed by atoms with Crippen molar-refractivity contribution in [3.63, 3.8) is 0 Å². The molecular weight excluding hydrogens is 250 g/mol. The second-order valence-corrected chi connectivity index (χ2v) is 5.08. The quantitative estimate of drug-likeness (QED) is 0.477. The summed E-state index contributed by atoms with van der Waals surface area (Å²) in [4.78, 5) is 12.7. The Bertz CT molecular complexity index is 499. The van der Waals surface area contributed by atoms with Crippen molar-refractivity contribution in [2.75, 3.05) is 5.43 Å². The molecule has 8 heteroatoms. The van der Waals surface area contributed by atoms with E-state index in [1.54, 1.807) is 34.9 Å². The predicted molar refractivity (Wildman–Crippen MR) is 70.4 cm³/mol. The number of nitrogens with zero attached hydrogens (tertiary/aromatic N) is 5. The van der Waals surface area contributed by atoms with Crippen molar-refractivity contribution in [1.82, 2.24) is 24.7 Å². The monoisotopic (exact) mass is 265 g/mol. The van der Waals surface area contributed by atoms with E-state index in [0.29, 0.717) is 22.3 Å². The third-order valence-corrected chi connectivity index (χ3v) is 3.45. The minimum absolute atomic E-state index is 0.335. The molecule has 3 N–H and O–H groups in total. The van der Waals surface area contributed by atoms with Crippen LogP contribution in [0.1, 0.15) is 20.3 Å². The molecule has 18 heavy (non-hydrogen) atoms. The largest absolute Gasteiger partial charge is 0.292 e. The van der Waals surface area contributed by atoms with Crippen molar-refractivity contribution >= 4 is 17.7 Å². The summed E-state index contributed by atoms with van der Waals surface area (Å²) in [6.45, 7) is 4.24. The molecule has 0 fully saturated rings. The lowest BCUT2D eigenvalue weighted by Gasteiger charge is -2.09. The van der Waals surface area contributed by atoms with Crippen LogP contribution in [0, 0.1) is 0 Å². The minimum Gasteiger partial charge on any atom is -0.292 e. The van der Waals surface area contributed by atoms with Gasteiger partial charge in [-0.05, 0) is 12.5 Å². The van der Waals surface area contributed by atoms with Crippen molar-refractivity contribution < 1.29 is 0 Å². The fourth-order valence-electron chi connectivity index (χ4n) is 1.22. The Morgan fingerprint density at radius 1 is 1.44 bits per heavy atom. The van der Waals surface area contributed by atoms with Crippen LogP contribution in [-0.4, -0.2) is 30.0 Å². The first-order valence-corrected chi connectivity index (χ1v) is 6.50. The maximum atomic E-state index is 5.36. The zero-order chi connectivity index (χ0) is 13.0. The third-order valence-electron chi connectivity index (χ3n) is 2.32. The van der Waals surface area contributed by atoms with Gasteiger partial charge < -0.3 is 0 Å². The first-order chi connectivity index (χ1) is 8.72. The second-order valence-electron chi connectivity index (χ2n) is 3.67. The van der Waals surface area contributed by atoms with Crippen LogP contribution >= 0.6 is 11.8 Å². The fraction of sp³-hybridized carbons (Fsp3) is 0.400. The molecule has 0 aromatic carbocycles. The highest BCUT2D eigenvalue weighted by atomic mass is 32.2. The summed E-state index contributed by atoms with van der Waals surface area (Å²) in [5.74, 6) is 6.15. The second kappa shape index (κ2) is 5.78. The number of hydrogen-bond acceptors (Lipinski definition) is 7. The predicted octanol–water partition coefficient (Wildman–Crippen LogP) is 1.23. The Hall–Kier alpha value is -1.67. The van der Waals surface area contributed by atoms with Crippen molar-refractivity contribution in [3.05, 3.63) is 18.5 Å². The van der Waals surface area contributed by atoms with Crippen molar-refractivity contribution in [2.45, 2.75) is 30.7 Å². The van der Waals surface area contributed by atoms with Gasteiger partial charge in [-0.15, -0.1) is 0 Å². The summed E-state index contributed by atoms with van der Waals surface area (Å²) in [5, 5.41) is 5.16. The fourth-order valence-corrected chi connectivity index (χ4v) is 2.02. The van der Waals surface area contributed by atoms with E-state index in [9.17, 15) is 0 Å². The average Bonchev–Trinajstić information content (AvgIpc) is 2.92. The van der Waals surface area contributed by atoms with Gasteiger partial charge in [-0.2, -0.15) is 20.1 Å². The number of anilines is 1. The molecule has 0 bridgehead atoms. The van der Waals surface area contributed by atoms with Crippen LogP contribution in [-0.2, 0) is 0 Å². The summed E-state index contributed by atoms with van der Waals surface area (Å²) in [5.41, 5.74) is 2.44. The molecule has 0 radical (unpaired) electrons. The van der Waals surface area contributed by atoms with E-state index in [1.807, 2.05) is 0 Å². The van der Waals surface area contributed by atoms with E-state index in [2.05, 4.69) is 39.3 Å². The Labute approximate surface area is 109 Å². The molecule has 0 saturated heterocycles. The lowest BCUT2D eigenvalue weighted by Crippen LogP contribution is -2.14. The molecule has 7 nitrogen and oxygen atoms in total. The summed E-state index contributed by atoms with van der Waals surface area (Å²) in [7, 11) is 0. The molecular formula is C10H15N7S. The van der Waals surface area contributed by atoms with E-state index in [1.165, 1.54) is 0 Å². The number of thioether (sulfide) groups is 1. The molecule has 96 valence electrons. The number of hydrazine groups is 1. The molecule has 0 amide bonds. The van der Waals surface area contributed by atoms with Gasteiger partial charge in [0.25, 0.3) is 5.95 Å². The van der Waals surface area contributed by atoms with Crippen molar-refractivity contribution in [1.29, 1.82) is 0 Å². The minimum atomic E-state index is 0.335. The molecule has 1 unspecified atom stereocenters. The highest BCUT2D eigenvalue weighted by Crippen LogP contribution is 2.22. The van der Waals surface area contributed by atoms with Gasteiger partial charge in [0.05, 0.1) is 0 Å². The highest BCUT2D eigenvalue weighted by Gasteiger charge is 2.10. The Morgan fingerprint density at radius 3 is 2.89 bits per heavy atom. The van der Waals surface area contributed by atoms with E-state index >= 15 is 0 Å². The van der Waals surface area contributed by atoms with E-state index in [0.717, 1.165) is 6.42 Å². The highest BCUT2D eigenvalue weighted by molar-refractivity contribution is 7.99. The maximum absolute atomic E-state index is 5.36. The van der Waals surface area contributed by atoms with E-state index in [-0.39, 0.29) is 0 Å². The van der Waals surface area contributed by atoms with Crippen molar-refractivity contribution in [2.24, 2.45) is 5.84 Å². The number of hydrogen-bond donors (Lipinski definition) is 2.